The quantitative estimate of drug-likeness (QED) is 0.368. The molecule has 1 aromatic heterocycles. The first kappa shape index (κ1) is 21.0. The van der Waals surface area contributed by atoms with Crippen LogP contribution in [-0.4, -0.2) is 9.55 Å². The van der Waals surface area contributed by atoms with Gasteiger partial charge in [-0.1, -0.05) is 86.2 Å². The lowest BCUT2D eigenvalue weighted by molar-refractivity contribution is 0.526. The topological polar surface area (TPSA) is 38.1 Å². The van der Waals surface area contributed by atoms with Crippen molar-refractivity contribution in [2.75, 3.05) is 4.90 Å². The normalized spacial score (nSPS) is 14.6. The number of nitrogens with zero attached hydrogens (tertiary/aromatic N) is 3. The van der Waals surface area contributed by atoms with E-state index >= 15 is 0 Å². The van der Waals surface area contributed by atoms with Gasteiger partial charge in [-0.3, -0.25) is 9.36 Å². The van der Waals surface area contributed by atoms with Crippen LogP contribution in [0.25, 0.3) is 17.1 Å². The minimum atomic E-state index is -0.374. The van der Waals surface area contributed by atoms with Crippen molar-refractivity contribution in [1.29, 1.82) is 0 Å². The van der Waals surface area contributed by atoms with Crippen molar-refractivity contribution in [3.8, 4) is 17.1 Å². The Hall–Kier alpha value is -3.92. The largest absolute Gasteiger partial charge is 0.302 e. The summed E-state index contributed by atoms with van der Waals surface area (Å²) < 4.78 is 1.76. The number of fused-ring (bicyclic) bond motifs is 1. The van der Waals surface area contributed by atoms with E-state index in [0.29, 0.717) is 11.6 Å². The summed E-state index contributed by atoms with van der Waals surface area (Å²) in [6, 6.07) is 28.0. The van der Waals surface area contributed by atoms with Gasteiger partial charge in [0.2, 0.25) is 0 Å². The summed E-state index contributed by atoms with van der Waals surface area (Å²) in [5, 5.41) is 0. The molecule has 0 spiro atoms. The molecule has 1 aliphatic rings. The van der Waals surface area contributed by atoms with E-state index in [0.717, 1.165) is 28.9 Å². The highest BCUT2D eigenvalue weighted by molar-refractivity contribution is 5.71. The van der Waals surface area contributed by atoms with Gasteiger partial charge in [-0.25, -0.2) is 4.98 Å². The second kappa shape index (κ2) is 8.21. The summed E-state index contributed by atoms with van der Waals surface area (Å²) in [6.07, 6.45) is 4.93. The van der Waals surface area contributed by atoms with E-state index in [-0.39, 0.29) is 11.0 Å². The molecule has 0 amide bonds. The Labute approximate surface area is 194 Å². The molecule has 5 rings (SSSR count). The van der Waals surface area contributed by atoms with Gasteiger partial charge in [0, 0.05) is 22.9 Å². The molecule has 3 aromatic carbocycles. The summed E-state index contributed by atoms with van der Waals surface area (Å²) in [6.45, 7) is 6.31. The van der Waals surface area contributed by atoms with E-state index in [2.05, 4.69) is 51.1 Å². The fraction of sp³-hybridized carbons (Fsp3) is 0.172. The van der Waals surface area contributed by atoms with Gasteiger partial charge in [0.15, 0.2) is 0 Å². The van der Waals surface area contributed by atoms with Crippen molar-refractivity contribution in [3.63, 3.8) is 0 Å². The molecule has 4 heteroatoms. The highest BCUT2D eigenvalue weighted by atomic mass is 16.1. The van der Waals surface area contributed by atoms with Crippen LogP contribution in [0.2, 0.25) is 0 Å². The van der Waals surface area contributed by atoms with Gasteiger partial charge in [0.25, 0.3) is 5.56 Å². The minimum Gasteiger partial charge on any atom is -0.302 e. The third kappa shape index (κ3) is 3.78. The average molecular weight is 434 g/mol. The van der Waals surface area contributed by atoms with Crippen LogP contribution in [0.3, 0.4) is 0 Å². The van der Waals surface area contributed by atoms with Crippen LogP contribution in [0.15, 0.2) is 102 Å². The van der Waals surface area contributed by atoms with Gasteiger partial charge in [0.1, 0.15) is 11.6 Å². The molecule has 0 atom stereocenters. The molecule has 0 fully saturated rings. The zero-order valence-electron chi connectivity index (χ0n) is 19.2. The van der Waals surface area contributed by atoms with Gasteiger partial charge in [-0.2, -0.15) is 0 Å². The lowest BCUT2D eigenvalue weighted by Crippen LogP contribution is -2.34. The molecule has 0 N–H and O–H groups in total. The van der Waals surface area contributed by atoms with Crippen molar-refractivity contribution in [2.45, 2.75) is 32.6 Å². The predicted molar refractivity (Wildman–Crippen MR) is 135 cm³/mol. The molecule has 0 bridgehead atoms. The van der Waals surface area contributed by atoms with Gasteiger partial charge in [0.05, 0.1) is 11.3 Å². The van der Waals surface area contributed by atoms with Crippen LogP contribution in [0.4, 0.5) is 11.5 Å². The third-order valence-electron chi connectivity index (χ3n) is 6.21. The molecule has 4 nitrogen and oxygen atoms in total. The number of aromatic nitrogens is 2. The molecule has 0 radical (unpaired) electrons. The molecule has 0 saturated heterocycles. The smallest absolute Gasteiger partial charge is 0.264 e. The van der Waals surface area contributed by atoms with Crippen molar-refractivity contribution in [2.24, 2.45) is 0 Å². The number of benzene rings is 3. The maximum atomic E-state index is 14.3. The molecule has 4 aromatic rings. The van der Waals surface area contributed by atoms with Crippen molar-refractivity contribution in [1.82, 2.24) is 9.55 Å². The summed E-state index contributed by atoms with van der Waals surface area (Å²) in [5.41, 5.74) is 4.20. The summed E-state index contributed by atoms with van der Waals surface area (Å²) in [5.74, 6) is 1.32. The Morgan fingerprint density at radius 3 is 2.12 bits per heavy atom. The Bertz CT molecular complexity index is 1370. The van der Waals surface area contributed by atoms with Crippen molar-refractivity contribution >= 4 is 11.5 Å². The lowest BCUT2D eigenvalue weighted by atomic mass is 9.82. The highest BCUT2D eigenvalue weighted by Gasteiger charge is 2.34. The van der Waals surface area contributed by atoms with Crippen LogP contribution in [0, 0.1) is 6.92 Å². The maximum absolute atomic E-state index is 14.3. The molecular weight excluding hydrogens is 406 g/mol. The van der Waals surface area contributed by atoms with Crippen LogP contribution >= 0.6 is 0 Å². The van der Waals surface area contributed by atoms with E-state index in [1.165, 1.54) is 5.56 Å². The van der Waals surface area contributed by atoms with E-state index < -0.39 is 0 Å². The van der Waals surface area contributed by atoms with Crippen molar-refractivity contribution < 1.29 is 0 Å². The number of aryl methyl sites for hydroxylation is 1. The zero-order chi connectivity index (χ0) is 23.0. The molecular formula is C29H27N3O. The first-order chi connectivity index (χ1) is 16.0. The molecule has 164 valence electrons. The first-order valence-corrected chi connectivity index (χ1v) is 11.3. The number of rotatable bonds is 3. The summed E-state index contributed by atoms with van der Waals surface area (Å²) >= 11 is 0. The molecule has 0 saturated carbocycles. The SMILES string of the molecule is Cc1ccc(N2C=CCC(C)(C)c3c2nc(-c2ccccc2)n(-c2ccccc2)c3=O)cc1. The van der Waals surface area contributed by atoms with Crippen LogP contribution in [-0.2, 0) is 5.41 Å². The monoisotopic (exact) mass is 433 g/mol. The first-order valence-electron chi connectivity index (χ1n) is 11.3. The molecule has 2 heterocycles. The Balaban J connectivity index is 1.87. The Kier molecular flexibility index (Phi) is 5.21. The highest BCUT2D eigenvalue weighted by Crippen LogP contribution is 2.39. The van der Waals surface area contributed by atoms with Crippen LogP contribution < -0.4 is 10.5 Å². The maximum Gasteiger partial charge on any atom is 0.264 e. The number of para-hydroxylation sites is 1. The second-order valence-electron chi connectivity index (χ2n) is 9.15. The van der Waals surface area contributed by atoms with E-state index in [1.807, 2.05) is 71.8 Å². The van der Waals surface area contributed by atoms with Crippen LogP contribution in [0.5, 0.6) is 0 Å². The zero-order valence-corrected chi connectivity index (χ0v) is 19.2. The number of hydrogen-bond donors (Lipinski definition) is 0. The van der Waals surface area contributed by atoms with E-state index in [9.17, 15) is 4.79 Å². The van der Waals surface area contributed by atoms with E-state index in [1.54, 1.807) is 4.57 Å². The lowest BCUT2D eigenvalue weighted by Gasteiger charge is -2.29. The fourth-order valence-corrected chi connectivity index (χ4v) is 4.41. The van der Waals surface area contributed by atoms with Crippen molar-refractivity contribution in [3.05, 3.63) is 119 Å². The second-order valence-corrected chi connectivity index (χ2v) is 9.15. The molecule has 1 aliphatic heterocycles. The molecule has 0 unspecified atom stereocenters. The number of allylic oxidation sites excluding steroid dienone is 1. The predicted octanol–water partition coefficient (Wildman–Crippen LogP) is 6.54. The van der Waals surface area contributed by atoms with Gasteiger partial charge in [-0.05, 0) is 37.6 Å². The van der Waals surface area contributed by atoms with Gasteiger partial charge < -0.3 is 4.90 Å². The average Bonchev–Trinajstić information content (AvgIpc) is 2.96. The summed E-state index contributed by atoms with van der Waals surface area (Å²) in [7, 11) is 0. The Morgan fingerprint density at radius 1 is 0.818 bits per heavy atom. The number of hydrogen-bond acceptors (Lipinski definition) is 3. The van der Waals surface area contributed by atoms with Crippen LogP contribution in [0.1, 0.15) is 31.4 Å². The van der Waals surface area contributed by atoms with Gasteiger partial charge >= 0.3 is 0 Å². The van der Waals surface area contributed by atoms with Gasteiger partial charge in [-0.15, -0.1) is 0 Å². The molecule has 33 heavy (non-hydrogen) atoms. The third-order valence-corrected chi connectivity index (χ3v) is 6.21. The van der Waals surface area contributed by atoms with E-state index in [4.69, 9.17) is 4.98 Å². The minimum absolute atomic E-state index is 0.0316. The Morgan fingerprint density at radius 2 is 1.45 bits per heavy atom. The summed E-state index contributed by atoms with van der Waals surface area (Å²) in [4.78, 5) is 21.5. The standard InChI is InChI=1S/C29H27N3O/c1-21-15-17-23(18-16-21)31-20-10-19-29(2,3)25-27(31)30-26(22-11-6-4-7-12-22)32(28(25)33)24-13-8-5-9-14-24/h4-18,20H,19H2,1-3H3. The number of anilines is 2. The molecule has 0 aliphatic carbocycles. The fourth-order valence-electron chi connectivity index (χ4n) is 4.41.